The van der Waals surface area contributed by atoms with Gasteiger partial charge in [-0.05, 0) is 42.2 Å². The Morgan fingerprint density at radius 2 is 1.90 bits per heavy atom. The van der Waals surface area contributed by atoms with E-state index in [9.17, 15) is 4.79 Å². The van der Waals surface area contributed by atoms with E-state index in [1.54, 1.807) is 35.8 Å². The van der Waals surface area contributed by atoms with Gasteiger partial charge in [0, 0.05) is 23.0 Å². The highest BCUT2D eigenvalue weighted by Gasteiger charge is 2.15. The molecule has 110 valence electrons. The molecule has 0 saturated carbocycles. The molecule has 2 aromatic carbocycles. The van der Waals surface area contributed by atoms with Crippen LogP contribution >= 0.6 is 39.3 Å². The minimum atomic E-state index is -0.0877. The van der Waals surface area contributed by atoms with Crippen molar-refractivity contribution < 1.29 is 4.79 Å². The normalized spacial score (nSPS) is 10.5. The van der Waals surface area contributed by atoms with Gasteiger partial charge in [-0.3, -0.25) is 4.79 Å². The van der Waals surface area contributed by atoms with Crippen LogP contribution in [0.2, 0.25) is 5.02 Å². The third-order valence-corrected chi connectivity index (χ3v) is 4.65. The van der Waals surface area contributed by atoms with Gasteiger partial charge < -0.3 is 4.90 Å². The summed E-state index contributed by atoms with van der Waals surface area (Å²) in [6.07, 6.45) is 2.04. The standard InChI is InChI=1S/C16H15BrClNOS/c1-19(10-11-3-6-13(21-2)7-4-11)16(20)14-9-12(17)5-8-15(14)18/h3-9H,10H2,1-2H3. The molecule has 0 saturated heterocycles. The summed E-state index contributed by atoms with van der Waals surface area (Å²) >= 11 is 11.2. The van der Waals surface area contributed by atoms with Crippen LogP contribution < -0.4 is 0 Å². The third-order valence-electron chi connectivity index (χ3n) is 3.08. The van der Waals surface area contributed by atoms with Crippen molar-refractivity contribution in [2.24, 2.45) is 0 Å². The Balaban J connectivity index is 2.13. The minimum Gasteiger partial charge on any atom is -0.337 e. The molecular weight excluding hydrogens is 370 g/mol. The van der Waals surface area contributed by atoms with Gasteiger partial charge in [0.2, 0.25) is 0 Å². The van der Waals surface area contributed by atoms with E-state index in [1.807, 2.05) is 24.5 Å². The molecular formula is C16H15BrClNOS. The van der Waals surface area contributed by atoms with Crippen molar-refractivity contribution in [3.8, 4) is 0 Å². The van der Waals surface area contributed by atoms with Gasteiger partial charge in [-0.2, -0.15) is 0 Å². The molecule has 0 unspecified atom stereocenters. The molecule has 0 aliphatic carbocycles. The topological polar surface area (TPSA) is 20.3 Å². The molecule has 0 aliphatic heterocycles. The lowest BCUT2D eigenvalue weighted by Gasteiger charge is -2.18. The van der Waals surface area contributed by atoms with Gasteiger partial charge in [0.15, 0.2) is 0 Å². The highest BCUT2D eigenvalue weighted by atomic mass is 79.9. The summed E-state index contributed by atoms with van der Waals surface area (Å²) in [7, 11) is 1.78. The van der Waals surface area contributed by atoms with Crippen molar-refractivity contribution in [2.45, 2.75) is 11.4 Å². The number of thioether (sulfide) groups is 1. The summed E-state index contributed by atoms with van der Waals surface area (Å²) < 4.78 is 0.841. The Hall–Kier alpha value is -0.970. The second-order valence-corrected chi connectivity index (χ2v) is 6.84. The predicted molar refractivity (Wildman–Crippen MR) is 93.2 cm³/mol. The average molecular weight is 385 g/mol. The molecule has 5 heteroatoms. The number of carbonyl (C=O) groups excluding carboxylic acids is 1. The van der Waals surface area contributed by atoms with Crippen LogP contribution in [0.15, 0.2) is 51.8 Å². The monoisotopic (exact) mass is 383 g/mol. The first-order chi connectivity index (χ1) is 10.0. The van der Waals surface area contributed by atoms with E-state index in [4.69, 9.17) is 11.6 Å². The lowest BCUT2D eigenvalue weighted by molar-refractivity contribution is 0.0785. The second-order valence-electron chi connectivity index (χ2n) is 4.63. The van der Waals surface area contributed by atoms with Gasteiger partial charge in [-0.1, -0.05) is 39.7 Å². The molecule has 0 radical (unpaired) electrons. The van der Waals surface area contributed by atoms with Crippen LogP contribution in [0.3, 0.4) is 0 Å². The van der Waals surface area contributed by atoms with Crippen LogP contribution in [0.4, 0.5) is 0 Å². The molecule has 0 aliphatic rings. The van der Waals surface area contributed by atoms with Gasteiger partial charge >= 0.3 is 0 Å². The molecule has 0 aromatic heterocycles. The van der Waals surface area contributed by atoms with Crippen LogP contribution in [0, 0.1) is 0 Å². The predicted octanol–water partition coefficient (Wildman–Crippen LogP) is 5.10. The lowest BCUT2D eigenvalue weighted by Crippen LogP contribution is -2.26. The quantitative estimate of drug-likeness (QED) is 0.684. The molecule has 0 heterocycles. The summed E-state index contributed by atoms with van der Waals surface area (Å²) in [5.74, 6) is -0.0877. The van der Waals surface area contributed by atoms with Crippen molar-refractivity contribution >= 4 is 45.2 Å². The minimum absolute atomic E-state index is 0.0877. The molecule has 0 N–H and O–H groups in total. The van der Waals surface area contributed by atoms with Crippen molar-refractivity contribution in [1.29, 1.82) is 0 Å². The van der Waals surface area contributed by atoms with Crippen LogP contribution in [-0.4, -0.2) is 24.1 Å². The molecule has 2 rings (SSSR count). The van der Waals surface area contributed by atoms with Crippen molar-refractivity contribution in [3.63, 3.8) is 0 Å². The number of amides is 1. The van der Waals surface area contributed by atoms with Crippen molar-refractivity contribution in [2.75, 3.05) is 13.3 Å². The number of halogens is 2. The Labute approximate surface area is 142 Å². The van der Waals surface area contributed by atoms with Gasteiger partial charge in [0.1, 0.15) is 0 Å². The zero-order chi connectivity index (χ0) is 15.4. The van der Waals surface area contributed by atoms with Gasteiger partial charge in [-0.25, -0.2) is 0 Å². The highest BCUT2D eigenvalue weighted by Crippen LogP contribution is 2.23. The zero-order valence-electron chi connectivity index (χ0n) is 11.8. The van der Waals surface area contributed by atoms with Crippen LogP contribution in [0.1, 0.15) is 15.9 Å². The lowest BCUT2D eigenvalue weighted by atomic mass is 10.1. The Bertz CT molecular complexity index is 645. The molecule has 0 spiro atoms. The molecule has 2 aromatic rings. The number of benzene rings is 2. The Morgan fingerprint density at radius 1 is 1.24 bits per heavy atom. The number of nitrogens with zero attached hydrogens (tertiary/aromatic N) is 1. The van der Waals surface area contributed by atoms with E-state index in [2.05, 4.69) is 28.1 Å². The van der Waals surface area contributed by atoms with E-state index in [0.29, 0.717) is 17.1 Å². The Morgan fingerprint density at radius 3 is 2.52 bits per heavy atom. The summed E-state index contributed by atoms with van der Waals surface area (Å²) in [6.45, 7) is 0.552. The zero-order valence-corrected chi connectivity index (χ0v) is 14.9. The number of hydrogen-bond acceptors (Lipinski definition) is 2. The van der Waals surface area contributed by atoms with Crippen molar-refractivity contribution in [3.05, 3.63) is 63.1 Å². The average Bonchev–Trinajstić information content (AvgIpc) is 2.49. The highest BCUT2D eigenvalue weighted by molar-refractivity contribution is 9.10. The second kappa shape index (κ2) is 7.34. The van der Waals surface area contributed by atoms with Gasteiger partial charge in [-0.15, -0.1) is 11.8 Å². The first-order valence-corrected chi connectivity index (χ1v) is 8.74. The molecule has 0 atom stereocenters. The fraction of sp³-hybridized carbons (Fsp3) is 0.188. The maximum Gasteiger partial charge on any atom is 0.255 e. The summed E-state index contributed by atoms with van der Waals surface area (Å²) in [5, 5.41) is 0.466. The van der Waals surface area contributed by atoms with Crippen LogP contribution in [-0.2, 0) is 6.54 Å². The van der Waals surface area contributed by atoms with Gasteiger partial charge in [0.05, 0.1) is 10.6 Å². The number of rotatable bonds is 4. The first-order valence-electron chi connectivity index (χ1n) is 6.34. The third kappa shape index (κ3) is 4.25. The summed E-state index contributed by atoms with van der Waals surface area (Å²) in [5.41, 5.74) is 1.60. The SMILES string of the molecule is CSc1ccc(CN(C)C(=O)c2cc(Br)ccc2Cl)cc1. The fourth-order valence-electron chi connectivity index (χ4n) is 1.94. The molecule has 2 nitrogen and oxygen atoms in total. The maximum absolute atomic E-state index is 12.5. The maximum atomic E-state index is 12.5. The van der Waals surface area contributed by atoms with Crippen molar-refractivity contribution in [1.82, 2.24) is 4.90 Å². The summed E-state index contributed by atoms with van der Waals surface area (Å²) in [4.78, 5) is 15.3. The molecule has 1 amide bonds. The molecule has 0 fully saturated rings. The van der Waals surface area contributed by atoms with Crippen LogP contribution in [0.5, 0.6) is 0 Å². The van der Waals surface area contributed by atoms with Gasteiger partial charge in [0.25, 0.3) is 5.91 Å². The number of carbonyl (C=O) groups is 1. The number of hydrogen-bond donors (Lipinski definition) is 0. The fourth-order valence-corrected chi connectivity index (χ4v) is 2.91. The largest absolute Gasteiger partial charge is 0.337 e. The molecule has 0 bridgehead atoms. The summed E-state index contributed by atoms with van der Waals surface area (Å²) in [6, 6.07) is 13.5. The van der Waals surface area contributed by atoms with Crippen LogP contribution in [0.25, 0.3) is 0 Å². The molecule has 21 heavy (non-hydrogen) atoms. The van der Waals surface area contributed by atoms with E-state index in [0.717, 1.165) is 10.0 Å². The smallest absolute Gasteiger partial charge is 0.255 e. The van der Waals surface area contributed by atoms with E-state index in [-0.39, 0.29) is 5.91 Å². The van der Waals surface area contributed by atoms with E-state index in [1.165, 1.54) is 4.90 Å². The van der Waals surface area contributed by atoms with E-state index < -0.39 is 0 Å². The van der Waals surface area contributed by atoms with E-state index >= 15 is 0 Å². The Kier molecular flexibility index (Phi) is 5.73. The first kappa shape index (κ1) is 16.4.